The highest BCUT2D eigenvalue weighted by Gasteiger charge is 2.19. The molecule has 1 aromatic carbocycles. The molecule has 0 aromatic heterocycles. The van der Waals surface area contributed by atoms with Crippen molar-refractivity contribution in [3.05, 3.63) is 30.3 Å². The van der Waals surface area contributed by atoms with Crippen molar-refractivity contribution in [3.8, 4) is 5.75 Å². The highest BCUT2D eigenvalue weighted by atomic mass is 16.5. The summed E-state index contributed by atoms with van der Waals surface area (Å²) in [6.45, 7) is 1.25. The summed E-state index contributed by atoms with van der Waals surface area (Å²) in [4.78, 5) is 0. The van der Waals surface area contributed by atoms with Crippen LogP contribution in [0.2, 0.25) is 0 Å². The molecule has 0 amide bonds. The number of para-hydroxylation sites is 1. The highest BCUT2D eigenvalue weighted by Crippen LogP contribution is 2.19. The van der Waals surface area contributed by atoms with Crippen molar-refractivity contribution < 1.29 is 9.47 Å². The summed E-state index contributed by atoms with van der Waals surface area (Å²) < 4.78 is 11.3. The van der Waals surface area contributed by atoms with Crippen LogP contribution in [0.15, 0.2) is 30.3 Å². The van der Waals surface area contributed by atoms with Crippen molar-refractivity contribution in [1.82, 2.24) is 0 Å². The Morgan fingerprint density at radius 1 is 1.12 bits per heavy atom. The van der Waals surface area contributed by atoms with Gasteiger partial charge in [-0.05, 0) is 37.8 Å². The maximum Gasteiger partial charge on any atom is 0.119 e. The third-order valence-corrected chi connectivity index (χ3v) is 3.12. The zero-order chi connectivity index (χ0) is 11.9. The summed E-state index contributed by atoms with van der Waals surface area (Å²) in [5, 5.41) is 0. The van der Waals surface area contributed by atoms with Crippen molar-refractivity contribution in [2.24, 2.45) is 5.73 Å². The molecule has 1 aliphatic carbocycles. The molecule has 2 rings (SSSR count). The highest BCUT2D eigenvalue weighted by molar-refractivity contribution is 5.20. The van der Waals surface area contributed by atoms with Gasteiger partial charge in [0.05, 0.1) is 12.7 Å². The molecule has 0 bridgehead atoms. The molecular formula is C14H21NO2. The van der Waals surface area contributed by atoms with Crippen LogP contribution in [0.25, 0.3) is 0 Å². The van der Waals surface area contributed by atoms with Crippen molar-refractivity contribution in [2.45, 2.75) is 37.8 Å². The van der Waals surface area contributed by atoms with Crippen LogP contribution in [0.4, 0.5) is 0 Å². The van der Waals surface area contributed by atoms with Gasteiger partial charge in [0.2, 0.25) is 0 Å². The summed E-state index contributed by atoms with van der Waals surface area (Å²) in [6.07, 6.45) is 4.79. The second kappa shape index (κ2) is 6.62. The molecule has 2 unspecified atom stereocenters. The summed E-state index contributed by atoms with van der Waals surface area (Å²) in [6, 6.07) is 10.1. The van der Waals surface area contributed by atoms with Gasteiger partial charge in [-0.2, -0.15) is 0 Å². The van der Waals surface area contributed by atoms with Crippen LogP contribution in [-0.2, 0) is 4.74 Å². The van der Waals surface area contributed by atoms with Crippen molar-refractivity contribution in [3.63, 3.8) is 0 Å². The Morgan fingerprint density at radius 2 is 1.94 bits per heavy atom. The number of nitrogens with two attached hydrogens (primary N) is 1. The van der Waals surface area contributed by atoms with E-state index in [0.29, 0.717) is 25.4 Å². The third kappa shape index (κ3) is 4.36. The van der Waals surface area contributed by atoms with E-state index in [-0.39, 0.29) is 0 Å². The van der Waals surface area contributed by atoms with Crippen LogP contribution < -0.4 is 10.5 Å². The number of hydrogen-bond donors (Lipinski definition) is 1. The molecule has 2 atom stereocenters. The Balaban J connectivity index is 1.60. The molecule has 1 saturated carbocycles. The Morgan fingerprint density at radius 3 is 2.71 bits per heavy atom. The van der Waals surface area contributed by atoms with Crippen LogP contribution in [0.3, 0.4) is 0 Å². The zero-order valence-corrected chi connectivity index (χ0v) is 10.2. The van der Waals surface area contributed by atoms with Crippen LogP contribution >= 0.6 is 0 Å². The molecule has 1 fully saturated rings. The first kappa shape index (κ1) is 12.4. The van der Waals surface area contributed by atoms with E-state index >= 15 is 0 Å². The van der Waals surface area contributed by atoms with Gasteiger partial charge in [-0.1, -0.05) is 18.2 Å². The molecule has 94 valence electrons. The van der Waals surface area contributed by atoms with Gasteiger partial charge >= 0.3 is 0 Å². The van der Waals surface area contributed by atoms with Gasteiger partial charge in [0.1, 0.15) is 12.4 Å². The van der Waals surface area contributed by atoms with E-state index in [1.54, 1.807) is 0 Å². The summed E-state index contributed by atoms with van der Waals surface area (Å²) in [5.41, 5.74) is 5.91. The monoisotopic (exact) mass is 235 g/mol. The van der Waals surface area contributed by atoms with E-state index < -0.39 is 0 Å². The van der Waals surface area contributed by atoms with Crippen molar-refractivity contribution in [1.29, 1.82) is 0 Å². The average molecular weight is 235 g/mol. The first-order valence-electron chi connectivity index (χ1n) is 6.39. The minimum atomic E-state index is 0.323. The fourth-order valence-corrected chi connectivity index (χ4v) is 2.22. The largest absolute Gasteiger partial charge is 0.491 e. The molecule has 0 radical (unpaired) electrons. The fourth-order valence-electron chi connectivity index (χ4n) is 2.22. The molecule has 1 aliphatic rings. The molecule has 0 aliphatic heterocycles. The predicted molar refractivity (Wildman–Crippen MR) is 68.1 cm³/mol. The summed E-state index contributed by atoms with van der Waals surface area (Å²) >= 11 is 0. The molecule has 0 saturated heterocycles. The van der Waals surface area contributed by atoms with Crippen molar-refractivity contribution in [2.75, 3.05) is 13.2 Å². The van der Waals surface area contributed by atoms with E-state index in [4.69, 9.17) is 15.2 Å². The van der Waals surface area contributed by atoms with E-state index in [0.717, 1.165) is 25.0 Å². The molecule has 2 N–H and O–H groups in total. The van der Waals surface area contributed by atoms with E-state index in [1.165, 1.54) is 6.42 Å². The Hall–Kier alpha value is -1.06. The van der Waals surface area contributed by atoms with Gasteiger partial charge in [0.15, 0.2) is 0 Å². The topological polar surface area (TPSA) is 44.5 Å². The van der Waals surface area contributed by atoms with E-state index in [2.05, 4.69) is 0 Å². The lowest BCUT2D eigenvalue weighted by Crippen LogP contribution is -2.32. The summed E-state index contributed by atoms with van der Waals surface area (Å²) in [5.74, 6) is 0.899. The standard InChI is InChI=1S/C14H21NO2/c15-12-5-4-8-14(11-12)17-10-9-16-13-6-2-1-3-7-13/h1-3,6-7,12,14H,4-5,8-11,15H2. The number of benzene rings is 1. The lowest BCUT2D eigenvalue weighted by Gasteiger charge is -2.26. The van der Waals surface area contributed by atoms with Gasteiger partial charge < -0.3 is 15.2 Å². The number of hydrogen-bond acceptors (Lipinski definition) is 3. The van der Waals surface area contributed by atoms with Crippen LogP contribution in [0, 0.1) is 0 Å². The second-order valence-corrected chi connectivity index (χ2v) is 4.58. The minimum absolute atomic E-state index is 0.323. The Labute approximate surface area is 103 Å². The van der Waals surface area contributed by atoms with Gasteiger partial charge in [-0.3, -0.25) is 0 Å². The zero-order valence-electron chi connectivity index (χ0n) is 10.2. The van der Waals surface area contributed by atoms with E-state index in [9.17, 15) is 0 Å². The number of rotatable bonds is 5. The molecule has 0 spiro atoms. The second-order valence-electron chi connectivity index (χ2n) is 4.58. The molecule has 0 heterocycles. The molecule has 3 heteroatoms. The van der Waals surface area contributed by atoms with Gasteiger partial charge in [0.25, 0.3) is 0 Å². The average Bonchev–Trinajstić information content (AvgIpc) is 2.36. The van der Waals surface area contributed by atoms with E-state index in [1.807, 2.05) is 30.3 Å². The molecular weight excluding hydrogens is 214 g/mol. The quantitative estimate of drug-likeness (QED) is 0.797. The van der Waals surface area contributed by atoms with Crippen molar-refractivity contribution >= 4 is 0 Å². The lowest BCUT2D eigenvalue weighted by molar-refractivity contribution is 0.00881. The van der Waals surface area contributed by atoms with Gasteiger partial charge in [-0.15, -0.1) is 0 Å². The fraction of sp³-hybridized carbons (Fsp3) is 0.571. The van der Waals surface area contributed by atoms with Crippen LogP contribution in [0.5, 0.6) is 5.75 Å². The molecule has 1 aromatic rings. The Kier molecular flexibility index (Phi) is 4.83. The molecule has 3 nitrogen and oxygen atoms in total. The third-order valence-electron chi connectivity index (χ3n) is 3.12. The summed E-state index contributed by atoms with van der Waals surface area (Å²) in [7, 11) is 0. The first-order chi connectivity index (χ1) is 8.34. The maximum atomic E-state index is 5.91. The lowest BCUT2D eigenvalue weighted by atomic mass is 9.94. The van der Waals surface area contributed by atoms with Crippen LogP contribution in [-0.4, -0.2) is 25.4 Å². The smallest absolute Gasteiger partial charge is 0.119 e. The minimum Gasteiger partial charge on any atom is -0.491 e. The predicted octanol–water partition coefficient (Wildman–Crippen LogP) is 2.35. The Bertz CT molecular complexity index is 315. The van der Waals surface area contributed by atoms with Gasteiger partial charge in [0, 0.05) is 6.04 Å². The molecule has 17 heavy (non-hydrogen) atoms. The normalized spacial score (nSPS) is 24.5. The van der Waals surface area contributed by atoms with Gasteiger partial charge in [-0.25, -0.2) is 0 Å². The number of ether oxygens (including phenoxy) is 2. The first-order valence-corrected chi connectivity index (χ1v) is 6.39. The maximum absolute atomic E-state index is 5.91. The SMILES string of the molecule is NC1CCCC(OCCOc2ccccc2)C1. The van der Waals surface area contributed by atoms with Crippen LogP contribution in [0.1, 0.15) is 25.7 Å².